The molecule has 0 amide bonds. The average Bonchev–Trinajstić information content (AvgIpc) is 2.36. The molecular formula is C11H10BrClN2O2S. The van der Waals surface area contributed by atoms with Gasteiger partial charge in [0.1, 0.15) is 5.52 Å². The molecule has 2 aromatic rings. The average molecular weight is 350 g/mol. The van der Waals surface area contributed by atoms with Crippen molar-refractivity contribution in [2.45, 2.75) is 17.1 Å². The zero-order chi connectivity index (χ0) is 13.3. The summed E-state index contributed by atoms with van der Waals surface area (Å²) in [7, 11) is -3.48. The summed E-state index contributed by atoms with van der Waals surface area (Å²) in [6.07, 6.45) is 3.01. The Morgan fingerprint density at radius 3 is 2.83 bits per heavy atom. The summed E-state index contributed by atoms with van der Waals surface area (Å²) in [6, 6.07) is 3.19. The van der Waals surface area contributed by atoms with Crippen LogP contribution in [0.4, 0.5) is 0 Å². The van der Waals surface area contributed by atoms with Crippen LogP contribution in [0.5, 0.6) is 0 Å². The second-order valence-corrected chi connectivity index (χ2v) is 7.40. The Balaban J connectivity index is 2.73. The molecule has 0 saturated heterocycles. The van der Waals surface area contributed by atoms with E-state index in [4.69, 9.17) is 11.6 Å². The second kappa shape index (κ2) is 5.11. The summed E-state index contributed by atoms with van der Waals surface area (Å²) in [5, 5.41) is -0.657. The van der Waals surface area contributed by atoms with Gasteiger partial charge in [-0.1, -0.05) is 0 Å². The van der Waals surface area contributed by atoms with E-state index in [1.165, 1.54) is 12.3 Å². The maximum atomic E-state index is 12.3. The van der Waals surface area contributed by atoms with Gasteiger partial charge in [-0.15, -0.1) is 11.6 Å². The molecule has 2 heterocycles. The highest BCUT2D eigenvalue weighted by Crippen LogP contribution is 2.25. The summed E-state index contributed by atoms with van der Waals surface area (Å²) >= 11 is 8.92. The Bertz CT molecular complexity index is 691. The Morgan fingerprint density at radius 2 is 2.17 bits per heavy atom. The van der Waals surface area contributed by atoms with Gasteiger partial charge in [-0.3, -0.25) is 9.97 Å². The largest absolute Gasteiger partial charge is 0.254 e. The number of nitrogens with zero attached hydrogens (tertiary/aromatic N) is 2. The lowest BCUT2D eigenvalue weighted by atomic mass is 10.3. The molecule has 0 aliphatic carbocycles. The fourth-order valence-corrected chi connectivity index (χ4v) is 3.60. The van der Waals surface area contributed by atoms with Crippen LogP contribution in [-0.2, 0) is 9.84 Å². The van der Waals surface area contributed by atoms with Crippen molar-refractivity contribution in [3.63, 3.8) is 0 Å². The van der Waals surface area contributed by atoms with Gasteiger partial charge in [0.05, 0.1) is 15.7 Å². The number of pyridine rings is 2. The summed E-state index contributed by atoms with van der Waals surface area (Å²) in [5.74, 6) is 0.0443. The van der Waals surface area contributed by atoms with Crippen molar-refractivity contribution in [3.05, 3.63) is 29.0 Å². The first-order valence-corrected chi connectivity index (χ1v) is 8.04. The summed E-state index contributed by atoms with van der Waals surface area (Å²) in [6.45, 7) is 1.58. The zero-order valence-electron chi connectivity index (χ0n) is 9.47. The number of alkyl halides is 1. The SMILES string of the molecule is CC(CCl)S(=O)(=O)c1ccnc2cc(Br)cnc12. The number of hydrogen-bond donors (Lipinski definition) is 0. The molecule has 0 saturated carbocycles. The summed E-state index contributed by atoms with van der Waals surface area (Å²) in [5.41, 5.74) is 0.907. The lowest BCUT2D eigenvalue weighted by molar-refractivity contribution is 0.588. The van der Waals surface area contributed by atoms with E-state index in [1.54, 1.807) is 19.2 Å². The van der Waals surface area contributed by atoms with Gasteiger partial charge >= 0.3 is 0 Å². The van der Waals surface area contributed by atoms with Crippen LogP contribution in [0.25, 0.3) is 11.0 Å². The van der Waals surface area contributed by atoms with Gasteiger partial charge in [0.15, 0.2) is 9.84 Å². The van der Waals surface area contributed by atoms with Crippen molar-refractivity contribution < 1.29 is 8.42 Å². The van der Waals surface area contributed by atoms with E-state index in [2.05, 4.69) is 25.9 Å². The molecule has 1 unspecified atom stereocenters. The quantitative estimate of drug-likeness (QED) is 0.800. The molecule has 0 aliphatic heterocycles. The number of hydrogen-bond acceptors (Lipinski definition) is 4. The Hall–Kier alpha value is -0.720. The predicted molar refractivity (Wildman–Crippen MR) is 74.6 cm³/mol. The third-order valence-corrected chi connectivity index (χ3v) is 5.81. The first kappa shape index (κ1) is 13.7. The van der Waals surface area contributed by atoms with Crippen molar-refractivity contribution in [2.75, 3.05) is 5.88 Å². The van der Waals surface area contributed by atoms with E-state index in [9.17, 15) is 8.42 Å². The smallest absolute Gasteiger partial charge is 0.184 e. The van der Waals surface area contributed by atoms with Crippen LogP contribution >= 0.6 is 27.5 Å². The number of sulfone groups is 1. The molecule has 0 aromatic carbocycles. The molecule has 2 rings (SSSR count). The van der Waals surface area contributed by atoms with E-state index in [-0.39, 0.29) is 10.8 Å². The Labute approximate surface area is 118 Å². The van der Waals surface area contributed by atoms with Crippen molar-refractivity contribution >= 4 is 48.4 Å². The molecule has 0 aliphatic rings. The van der Waals surface area contributed by atoms with Crippen LogP contribution in [0.1, 0.15) is 6.92 Å². The predicted octanol–water partition coefficient (Wildman–Crippen LogP) is 2.79. The van der Waals surface area contributed by atoms with Crippen LogP contribution in [0.3, 0.4) is 0 Å². The van der Waals surface area contributed by atoms with Crippen molar-refractivity contribution in [2.24, 2.45) is 0 Å². The van der Waals surface area contributed by atoms with Gasteiger partial charge in [-0.25, -0.2) is 8.42 Å². The molecule has 0 bridgehead atoms. The first-order valence-electron chi connectivity index (χ1n) is 5.17. The molecule has 0 radical (unpaired) electrons. The third kappa shape index (κ3) is 2.37. The normalized spacial score (nSPS) is 13.7. The van der Waals surface area contributed by atoms with E-state index in [0.717, 1.165) is 4.47 Å². The minimum absolute atomic E-state index is 0.0443. The number of rotatable bonds is 3. The van der Waals surface area contributed by atoms with Crippen LogP contribution in [-0.4, -0.2) is 29.5 Å². The lowest BCUT2D eigenvalue weighted by Crippen LogP contribution is -2.20. The molecule has 18 heavy (non-hydrogen) atoms. The second-order valence-electron chi connectivity index (χ2n) is 3.84. The number of halogens is 2. The standard InChI is InChI=1S/C11H10BrClN2O2S/c1-7(5-13)18(16,17)10-2-3-14-9-4-8(12)6-15-11(9)10/h2-4,6-7H,5H2,1H3. The molecule has 0 fully saturated rings. The minimum atomic E-state index is -3.48. The molecule has 0 N–H and O–H groups in total. The van der Waals surface area contributed by atoms with Gasteiger partial charge in [0.2, 0.25) is 0 Å². The van der Waals surface area contributed by atoms with Crippen LogP contribution in [0.2, 0.25) is 0 Å². The van der Waals surface area contributed by atoms with Gasteiger partial charge in [0.25, 0.3) is 0 Å². The molecule has 7 heteroatoms. The van der Waals surface area contributed by atoms with E-state index >= 15 is 0 Å². The number of aromatic nitrogens is 2. The van der Waals surface area contributed by atoms with Gasteiger partial charge in [-0.05, 0) is 35.0 Å². The highest BCUT2D eigenvalue weighted by molar-refractivity contribution is 9.10. The Morgan fingerprint density at radius 1 is 1.44 bits per heavy atom. The van der Waals surface area contributed by atoms with Crippen LogP contribution in [0, 0.1) is 0 Å². The van der Waals surface area contributed by atoms with Crippen molar-refractivity contribution in [3.8, 4) is 0 Å². The third-order valence-electron chi connectivity index (χ3n) is 2.56. The molecule has 2 aromatic heterocycles. The van der Waals surface area contributed by atoms with Crippen LogP contribution < -0.4 is 0 Å². The lowest BCUT2D eigenvalue weighted by Gasteiger charge is -2.11. The molecule has 4 nitrogen and oxygen atoms in total. The highest BCUT2D eigenvalue weighted by atomic mass is 79.9. The maximum Gasteiger partial charge on any atom is 0.184 e. The Kier molecular flexibility index (Phi) is 3.89. The first-order chi connectivity index (χ1) is 8.46. The molecular weight excluding hydrogens is 340 g/mol. The summed E-state index contributed by atoms with van der Waals surface area (Å²) < 4.78 is 25.3. The fourth-order valence-electron chi connectivity index (χ4n) is 1.51. The minimum Gasteiger partial charge on any atom is -0.254 e. The van der Waals surface area contributed by atoms with Gasteiger partial charge in [-0.2, -0.15) is 0 Å². The van der Waals surface area contributed by atoms with Crippen molar-refractivity contribution in [1.82, 2.24) is 9.97 Å². The van der Waals surface area contributed by atoms with Gasteiger partial charge in [0, 0.05) is 22.7 Å². The van der Waals surface area contributed by atoms with Crippen molar-refractivity contribution in [1.29, 1.82) is 0 Å². The highest BCUT2D eigenvalue weighted by Gasteiger charge is 2.25. The fraction of sp³-hybridized carbons (Fsp3) is 0.273. The molecule has 0 spiro atoms. The van der Waals surface area contributed by atoms with E-state index in [1.807, 2.05) is 0 Å². The number of fused-ring (bicyclic) bond motifs is 1. The molecule has 1 atom stereocenters. The van der Waals surface area contributed by atoms with Gasteiger partial charge < -0.3 is 0 Å². The maximum absolute atomic E-state index is 12.3. The molecule has 96 valence electrons. The monoisotopic (exact) mass is 348 g/mol. The van der Waals surface area contributed by atoms with E-state index in [0.29, 0.717) is 11.0 Å². The zero-order valence-corrected chi connectivity index (χ0v) is 12.6. The van der Waals surface area contributed by atoms with E-state index < -0.39 is 15.1 Å². The van der Waals surface area contributed by atoms with Crippen LogP contribution in [0.15, 0.2) is 33.9 Å². The summed E-state index contributed by atoms with van der Waals surface area (Å²) in [4.78, 5) is 8.42. The topological polar surface area (TPSA) is 59.9 Å².